The van der Waals surface area contributed by atoms with Crippen LogP contribution in [-0.4, -0.2) is 20.7 Å². The van der Waals surface area contributed by atoms with Crippen molar-refractivity contribution in [2.24, 2.45) is 0 Å². The molecule has 0 saturated carbocycles. The minimum atomic E-state index is -3.58. The summed E-state index contributed by atoms with van der Waals surface area (Å²) in [5, 5.41) is 0. The maximum atomic E-state index is 12.9. The highest BCUT2D eigenvalue weighted by molar-refractivity contribution is 7.92. The minimum absolute atomic E-state index is 0.0109. The highest BCUT2D eigenvalue weighted by Crippen LogP contribution is 2.34. The Hall–Kier alpha value is -2.14. The Kier molecular flexibility index (Phi) is 3.76. The molecule has 23 heavy (non-hydrogen) atoms. The van der Waals surface area contributed by atoms with Crippen LogP contribution in [0.3, 0.4) is 0 Å². The van der Waals surface area contributed by atoms with E-state index >= 15 is 0 Å². The highest BCUT2D eigenvalue weighted by atomic mass is 32.2. The number of carbonyl (C=O) groups is 1. The highest BCUT2D eigenvalue weighted by Gasteiger charge is 2.31. The minimum Gasteiger partial charge on any atom is -0.295 e. The molecule has 0 fully saturated rings. The third kappa shape index (κ3) is 2.65. The van der Waals surface area contributed by atoms with Gasteiger partial charge in [0.1, 0.15) is 0 Å². The van der Waals surface area contributed by atoms with E-state index < -0.39 is 10.0 Å². The van der Waals surface area contributed by atoms with Gasteiger partial charge < -0.3 is 0 Å². The second-order valence-electron chi connectivity index (χ2n) is 5.97. The topological polar surface area (TPSA) is 54.5 Å². The Balaban J connectivity index is 2.04. The average Bonchev–Trinajstić information content (AvgIpc) is 2.93. The Morgan fingerprint density at radius 1 is 1.04 bits per heavy atom. The van der Waals surface area contributed by atoms with Crippen LogP contribution in [0, 0.1) is 13.8 Å². The lowest BCUT2D eigenvalue weighted by atomic mass is 10.1. The summed E-state index contributed by atoms with van der Waals surface area (Å²) in [5.74, 6) is -0.0109. The van der Waals surface area contributed by atoms with Gasteiger partial charge in [-0.1, -0.05) is 6.07 Å². The van der Waals surface area contributed by atoms with Gasteiger partial charge >= 0.3 is 0 Å². The largest absolute Gasteiger partial charge is 0.295 e. The number of Topliss-reactive ketones (excluding diaryl/α,β-unsaturated/α-hetero) is 1. The molecule has 3 rings (SSSR count). The molecule has 2 aromatic carbocycles. The summed E-state index contributed by atoms with van der Waals surface area (Å²) in [5.41, 5.74) is 4.22. The van der Waals surface area contributed by atoms with Crippen LogP contribution < -0.4 is 4.31 Å². The lowest BCUT2D eigenvalue weighted by molar-refractivity contribution is 0.101. The zero-order valence-electron chi connectivity index (χ0n) is 13.5. The van der Waals surface area contributed by atoms with E-state index in [1.165, 1.54) is 11.2 Å². The maximum absolute atomic E-state index is 12.9. The molecule has 0 radical (unpaired) electrons. The van der Waals surface area contributed by atoms with Crippen molar-refractivity contribution in [3.05, 3.63) is 58.7 Å². The predicted octanol–water partition coefficient (Wildman–Crippen LogP) is 3.26. The summed E-state index contributed by atoms with van der Waals surface area (Å²) in [6.45, 7) is 5.79. The van der Waals surface area contributed by atoms with E-state index in [-0.39, 0.29) is 5.78 Å². The number of nitrogens with zero attached hydrogens (tertiary/aromatic N) is 1. The van der Waals surface area contributed by atoms with Crippen LogP contribution in [0.2, 0.25) is 0 Å². The summed E-state index contributed by atoms with van der Waals surface area (Å²) in [7, 11) is -3.58. The molecule has 0 N–H and O–H groups in total. The number of benzene rings is 2. The molecular formula is C18H19NO3S. The number of carbonyl (C=O) groups excluding carboxylic acids is 1. The molecule has 0 spiro atoms. The number of ketones is 1. The van der Waals surface area contributed by atoms with Gasteiger partial charge in [-0.15, -0.1) is 0 Å². The molecule has 4 nitrogen and oxygen atoms in total. The molecule has 2 aromatic rings. The van der Waals surface area contributed by atoms with E-state index in [2.05, 4.69) is 0 Å². The Labute approximate surface area is 136 Å². The molecule has 1 aliphatic rings. The molecule has 0 unspecified atom stereocenters. The van der Waals surface area contributed by atoms with Gasteiger partial charge in [0.25, 0.3) is 10.0 Å². The number of aryl methyl sites for hydroxylation is 2. The van der Waals surface area contributed by atoms with Crippen LogP contribution in [0.1, 0.15) is 34.0 Å². The van der Waals surface area contributed by atoms with Gasteiger partial charge in [-0.25, -0.2) is 8.42 Å². The first-order valence-corrected chi connectivity index (χ1v) is 8.98. The molecule has 120 valence electrons. The van der Waals surface area contributed by atoms with Crippen molar-refractivity contribution in [1.29, 1.82) is 0 Å². The molecule has 1 aliphatic heterocycles. The van der Waals surface area contributed by atoms with E-state index in [0.717, 1.165) is 16.7 Å². The molecule has 5 heteroatoms. The van der Waals surface area contributed by atoms with Crippen molar-refractivity contribution in [2.75, 3.05) is 10.8 Å². The summed E-state index contributed by atoms with van der Waals surface area (Å²) in [4.78, 5) is 11.8. The first kappa shape index (κ1) is 15.7. The second kappa shape index (κ2) is 5.49. The lowest BCUT2D eigenvalue weighted by Gasteiger charge is -2.20. The monoisotopic (exact) mass is 329 g/mol. The average molecular weight is 329 g/mol. The fourth-order valence-corrected chi connectivity index (χ4v) is 4.43. The number of anilines is 1. The third-order valence-corrected chi connectivity index (χ3v) is 6.21. The first-order chi connectivity index (χ1) is 10.8. The lowest BCUT2D eigenvalue weighted by Crippen LogP contribution is -2.29. The SMILES string of the molecule is CC(=O)c1ccc2c(c1)CCN2S(=O)(=O)c1ccc(C)c(C)c1. The smallest absolute Gasteiger partial charge is 0.264 e. The van der Waals surface area contributed by atoms with Gasteiger partial charge in [-0.05, 0) is 74.2 Å². The standard InChI is InChI=1S/C18H19NO3S/c1-12-4-6-17(10-13(12)2)23(21,22)19-9-8-16-11-15(14(3)20)5-7-18(16)19/h4-7,10-11H,8-9H2,1-3H3. The number of hydrogen-bond donors (Lipinski definition) is 0. The number of fused-ring (bicyclic) bond motifs is 1. The van der Waals surface area contributed by atoms with Crippen molar-refractivity contribution < 1.29 is 13.2 Å². The number of hydrogen-bond acceptors (Lipinski definition) is 3. The van der Waals surface area contributed by atoms with E-state index in [1.54, 1.807) is 30.3 Å². The van der Waals surface area contributed by atoms with Crippen LogP contribution >= 0.6 is 0 Å². The zero-order valence-corrected chi connectivity index (χ0v) is 14.3. The van der Waals surface area contributed by atoms with Crippen LogP contribution in [0.15, 0.2) is 41.3 Å². The quantitative estimate of drug-likeness (QED) is 0.812. The molecule has 0 aromatic heterocycles. The van der Waals surface area contributed by atoms with Gasteiger partial charge in [0.15, 0.2) is 5.78 Å². The first-order valence-electron chi connectivity index (χ1n) is 7.54. The fourth-order valence-electron chi connectivity index (χ4n) is 2.84. The van der Waals surface area contributed by atoms with Gasteiger partial charge in [-0.2, -0.15) is 0 Å². The fraction of sp³-hybridized carbons (Fsp3) is 0.278. The van der Waals surface area contributed by atoms with E-state index in [4.69, 9.17) is 0 Å². The van der Waals surface area contributed by atoms with Crippen molar-refractivity contribution in [3.63, 3.8) is 0 Å². The molecule has 0 aliphatic carbocycles. The molecule has 1 heterocycles. The number of rotatable bonds is 3. The Bertz CT molecular complexity index is 900. The normalized spacial score (nSPS) is 14.0. The summed E-state index contributed by atoms with van der Waals surface area (Å²) >= 11 is 0. The van der Waals surface area contributed by atoms with Crippen LogP contribution in [0.25, 0.3) is 0 Å². The van der Waals surface area contributed by atoms with Gasteiger partial charge in [0, 0.05) is 12.1 Å². The Morgan fingerprint density at radius 3 is 2.43 bits per heavy atom. The van der Waals surface area contributed by atoms with Crippen LogP contribution in [0.5, 0.6) is 0 Å². The van der Waals surface area contributed by atoms with Crippen LogP contribution in [-0.2, 0) is 16.4 Å². The van der Waals surface area contributed by atoms with E-state index in [9.17, 15) is 13.2 Å². The number of sulfonamides is 1. The molecule has 0 saturated heterocycles. The summed E-state index contributed by atoms with van der Waals surface area (Å²) in [6, 6.07) is 10.4. The van der Waals surface area contributed by atoms with Crippen LogP contribution in [0.4, 0.5) is 5.69 Å². The molecular weight excluding hydrogens is 310 g/mol. The zero-order chi connectivity index (χ0) is 16.8. The van der Waals surface area contributed by atoms with Gasteiger partial charge in [0.05, 0.1) is 10.6 Å². The van der Waals surface area contributed by atoms with Gasteiger partial charge in [0.2, 0.25) is 0 Å². The summed E-state index contributed by atoms with van der Waals surface area (Å²) in [6.07, 6.45) is 0.626. The molecule has 0 amide bonds. The van der Waals surface area contributed by atoms with Gasteiger partial charge in [-0.3, -0.25) is 9.10 Å². The maximum Gasteiger partial charge on any atom is 0.264 e. The van der Waals surface area contributed by atoms with E-state index in [0.29, 0.717) is 29.1 Å². The third-order valence-electron chi connectivity index (χ3n) is 4.41. The van der Waals surface area contributed by atoms with Crippen molar-refractivity contribution in [3.8, 4) is 0 Å². The van der Waals surface area contributed by atoms with Crippen molar-refractivity contribution in [1.82, 2.24) is 0 Å². The van der Waals surface area contributed by atoms with Crippen molar-refractivity contribution >= 4 is 21.5 Å². The van der Waals surface area contributed by atoms with Crippen molar-refractivity contribution in [2.45, 2.75) is 32.1 Å². The Morgan fingerprint density at radius 2 is 1.78 bits per heavy atom. The predicted molar refractivity (Wildman–Crippen MR) is 90.6 cm³/mol. The molecule has 0 atom stereocenters. The van der Waals surface area contributed by atoms with E-state index in [1.807, 2.05) is 19.9 Å². The summed E-state index contributed by atoms with van der Waals surface area (Å²) < 4.78 is 27.3. The second-order valence-corrected chi connectivity index (χ2v) is 7.84. The molecule has 0 bridgehead atoms.